The van der Waals surface area contributed by atoms with E-state index in [9.17, 15) is 23.2 Å². The minimum absolute atomic E-state index is 0.0724. The van der Waals surface area contributed by atoms with Gasteiger partial charge >= 0.3 is 5.97 Å². The maximum atomic E-state index is 14.3. The van der Waals surface area contributed by atoms with E-state index in [1.807, 2.05) is 9.13 Å². The van der Waals surface area contributed by atoms with Crippen molar-refractivity contribution in [2.45, 2.75) is 71.4 Å². The summed E-state index contributed by atoms with van der Waals surface area (Å²) in [5.74, 6) is -1.86. The third kappa shape index (κ3) is 5.22. The molecule has 0 amide bonds. The lowest BCUT2D eigenvalue weighted by Crippen LogP contribution is -2.16. The number of fused-ring (bicyclic) bond motifs is 4. The van der Waals surface area contributed by atoms with E-state index in [1.165, 1.54) is 24.3 Å². The predicted octanol–water partition coefficient (Wildman–Crippen LogP) is 7.13. The number of carboxylic acids is 1. The van der Waals surface area contributed by atoms with E-state index in [-0.39, 0.29) is 28.1 Å². The molecular weight excluding hydrogens is 514 g/mol. The number of pyridine rings is 2. The number of nitrogens with zero attached hydrogens (tertiary/aromatic N) is 2. The van der Waals surface area contributed by atoms with Crippen LogP contribution >= 0.6 is 0 Å². The van der Waals surface area contributed by atoms with E-state index in [1.54, 1.807) is 24.3 Å². The van der Waals surface area contributed by atoms with E-state index in [0.717, 1.165) is 25.7 Å². The number of hydrogen-bond acceptors (Lipinski definition) is 3. The van der Waals surface area contributed by atoms with Crippen LogP contribution in [0.4, 0.5) is 8.78 Å². The molecular formula is C32H32F2N2O4. The topological polar surface area (TPSA) is 81.3 Å². The van der Waals surface area contributed by atoms with Crippen molar-refractivity contribution in [3.05, 3.63) is 80.6 Å². The number of halogens is 2. The van der Waals surface area contributed by atoms with Gasteiger partial charge in [0.25, 0.3) is 0 Å². The number of carboxylic acid groups (broad SMARTS) is 1. The van der Waals surface area contributed by atoms with E-state index in [2.05, 4.69) is 6.92 Å². The first kappa shape index (κ1) is 27.5. The zero-order valence-corrected chi connectivity index (χ0v) is 22.5. The number of hydrogen-bond donors (Lipinski definition) is 1. The van der Waals surface area contributed by atoms with Crippen LogP contribution < -0.4 is 10.9 Å². The number of aliphatic carboxylic acids is 1. The van der Waals surface area contributed by atoms with Crippen molar-refractivity contribution in [2.75, 3.05) is 0 Å². The van der Waals surface area contributed by atoms with Gasteiger partial charge in [-0.1, -0.05) is 32.6 Å². The van der Waals surface area contributed by atoms with Crippen molar-refractivity contribution in [2.24, 2.45) is 0 Å². The Hall–Kier alpha value is -4.07. The van der Waals surface area contributed by atoms with Crippen LogP contribution in [0.15, 0.2) is 58.1 Å². The highest BCUT2D eigenvalue weighted by Crippen LogP contribution is 2.28. The molecule has 0 aliphatic heterocycles. The van der Waals surface area contributed by atoms with Crippen LogP contribution in [0.1, 0.15) is 58.3 Å². The van der Waals surface area contributed by atoms with Gasteiger partial charge in [0, 0.05) is 41.1 Å². The summed E-state index contributed by atoms with van der Waals surface area (Å²) >= 11 is 0. The molecule has 0 aliphatic carbocycles. The fourth-order valence-corrected chi connectivity index (χ4v) is 5.69. The number of aryl methyl sites for hydroxylation is 2. The smallest absolute Gasteiger partial charge is 0.303 e. The fraction of sp³-hybridized carbons (Fsp3) is 0.344. The molecule has 0 radical (unpaired) electrons. The molecule has 5 rings (SSSR count). The molecule has 1 N–H and O–H groups in total. The molecule has 0 aliphatic rings. The number of unbranched alkanes of at least 4 members (excludes halogenated alkanes) is 5. The van der Waals surface area contributed by atoms with Gasteiger partial charge in [-0.15, -0.1) is 0 Å². The zero-order chi connectivity index (χ0) is 28.4. The number of carbonyl (C=O) groups is 1. The number of rotatable bonds is 11. The van der Waals surface area contributed by atoms with Crippen LogP contribution in [0.5, 0.6) is 0 Å². The average molecular weight is 547 g/mol. The Labute approximate surface area is 229 Å². The third-order valence-electron chi connectivity index (χ3n) is 7.68. The molecule has 0 fully saturated rings. The second-order valence-electron chi connectivity index (χ2n) is 10.4. The Balaban J connectivity index is 1.78. The minimum atomic E-state index is -0.851. The van der Waals surface area contributed by atoms with Crippen LogP contribution in [0.2, 0.25) is 0 Å². The van der Waals surface area contributed by atoms with Crippen molar-refractivity contribution in [3.8, 4) is 0 Å². The van der Waals surface area contributed by atoms with Crippen LogP contribution in [-0.2, 0) is 17.9 Å². The van der Waals surface area contributed by atoms with E-state index < -0.39 is 17.6 Å². The van der Waals surface area contributed by atoms with Gasteiger partial charge in [0.2, 0.25) is 0 Å². The van der Waals surface area contributed by atoms with Crippen LogP contribution in [0.3, 0.4) is 0 Å². The van der Waals surface area contributed by atoms with Gasteiger partial charge in [-0.25, -0.2) is 8.78 Å². The summed E-state index contributed by atoms with van der Waals surface area (Å²) < 4.78 is 32.4. The predicted molar refractivity (Wildman–Crippen MR) is 155 cm³/mol. The number of aromatic nitrogens is 2. The fourth-order valence-electron chi connectivity index (χ4n) is 5.69. The molecule has 3 aromatic carbocycles. The minimum Gasteiger partial charge on any atom is -0.481 e. The third-order valence-corrected chi connectivity index (χ3v) is 7.68. The average Bonchev–Trinajstić information content (AvgIpc) is 2.93. The Morgan fingerprint density at radius 3 is 1.55 bits per heavy atom. The zero-order valence-electron chi connectivity index (χ0n) is 22.5. The monoisotopic (exact) mass is 546 g/mol. The molecule has 0 unspecified atom stereocenters. The summed E-state index contributed by atoms with van der Waals surface area (Å²) in [6.07, 6.45) is 5.89. The van der Waals surface area contributed by atoms with Gasteiger partial charge in [-0.2, -0.15) is 0 Å². The summed E-state index contributed by atoms with van der Waals surface area (Å²) in [5.41, 5.74) is 1.66. The maximum Gasteiger partial charge on any atom is 0.303 e. The van der Waals surface area contributed by atoms with Crippen molar-refractivity contribution >= 4 is 49.6 Å². The molecule has 2 heterocycles. The molecule has 2 aromatic heterocycles. The molecule has 5 aromatic rings. The summed E-state index contributed by atoms with van der Waals surface area (Å²) in [6.45, 7) is 3.19. The maximum absolute atomic E-state index is 14.3. The second kappa shape index (κ2) is 11.6. The van der Waals surface area contributed by atoms with Crippen LogP contribution in [0.25, 0.3) is 43.6 Å². The summed E-state index contributed by atoms with van der Waals surface area (Å²) in [4.78, 5) is 38.3. The summed E-state index contributed by atoms with van der Waals surface area (Å²) in [7, 11) is 0. The van der Waals surface area contributed by atoms with Crippen molar-refractivity contribution in [1.82, 2.24) is 9.13 Å². The lowest BCUT2D eigenvalue weighted by molar-refractivity contribution is -0.137. The van der Waals surface area contributed by atoms with Gasteiger partial charge in [-0.3, -0.25) is 14.4 Å². The molecule has 0 saturated heterocycles. The Morgan fingerprint density at radius 2 is 1.10 bits per heavy atom. The first-order valence-corrected chi connectivity index (χ1v) is 13.9. The standard InChI is InChI=1S/C32H32F2N2O4/c1-2-3-4-7-14-35-26-12-10-20(33)16-22(26)31(39)24-19-29-25(18-28(24)35)32(40)23-17-21(34)11-13-27(23)36(29)15-8-5-6-9-30(37)38/h10-13,16-19H,2-9,14-15H2,1H3,(H,37,38). The first-order valence-electron chi connectivity index (χ1n) is 13.9. The van der Waals surface area contributed by atoms with Gasteiger partial charge in [0.1, 0.15) is 11.6 Å². The lowest BCUT2D eigenvalue weighted by atomic mass is 10.0. The molecule has 8 heteroatoms. The van der Waals surface area contributed by atoms with Gasteiger partial charge in [0.05, 0.1) is 22.1 Å². The van der Waals surface area contributed by atoms with Crippen LogP contribution in [0, 0.1) is 11.6 Å². The van der Waals surface area contributed by atoms with E-state index in [4.69, 9.17) is 5.11 Å². The van der Waals surface area contributed by atoms with Crippen molar-refractivity contribution < 1.29 is 18.7 Å². The Bertz CT molecular complexity index is 1870. The molecule has 208 valence electrons. The number of benzene rings is 3. The summed E-state index contributed by atoms with van der Waals surface area (Å²) in [5, 5.41) is 10.3. The highest BCUT2D eigenvalue weighted by Gasteiger charge is 2.18. The van der Waals surface area contributed by atoms with Gasteiger partial charge in [-0.05, 0) is 67.8 Å². The first-order chi connectivity index (χ1) is 19.3. The van der Waals surface area contributed by atoms with Crippen molar-refractivity contribution in [1.29, 1.82) is 0 Å². The van der Waals surface area contributed by atoms with Crippen molar-refractivity contribution in [3.63, 3.8) is 0 Å². The van der Waals surface area contributed by atoms with E-state index >= 15 is 0 Å². The van der Waals surface area contributed by atoms with Gasteiger partial charge < -0.3 is 14.2 Å². The molecule has 0 atom stereocenters. The SMILES string of the molecule is CCCCCCn1c2ccc(F)cc2c(=O)c2cc3c(cc21)c(=O)c1cc(F)ccc1n3CCCCCC(=O)O. The quantitative estimate of drug-likeness (QED) is 0.141. The van der Waals surface area contributed by atoms with Gasteiger partial charge in [0.15, 0.2) is 10.9 Å². The highest BCUT2D eigenvalue weighted by atomic mass is 19.1. The summed E-state index contributed by atoms with van der Waals surface area (Å²) in [6, 6.07) is 11.8. The van der Waals surface area contributed by atoms with Crippen LogP contribution in [-0.4, -0.2) is 20.2 Å². The normalized spacial score (nSPS) is 11.8. The largest absolute Gasteiger partial charge is 0.481 e. The second-order valence-corrected chi connectivity index (χ2v) is 10.4. The highest BCUT2D eigenvalue weighted by molar-refractivity contribution is 6.03. The van der Waals surface area contributed by atoms with E-state index in [0.29, 0.717) is 65.2 Å². The Morgan fingerprint density at radius 1 is 0.650 bits per heavy atom. The molecule has 0 bridgehead atoms. The molecule has 40 heavy (non-hydrogen) atoms. The molecule has 6 nitrogen and oxygen atoms in total. The Kier molecular flexibility index (Phi) is 7.96. The molecule has 0 saturated carbocycles. The lowest BCUT2D eigenvalue weighted by Gasteiger charge is -2.19. The molecule has 0 spiro atoms.